The molecule has 9 heteroatoms. The second kappa shape index (κ2) is 12.5. The minimum atomic E-state index is -0.744. The normalized spacial score (nSPS) is 12.5. The molecule has 1 amide bonds. The van der Waals surface area contributed by atoms with Crippen LogP contribution < -0.4 is 16.3 Å². The van der Waals surface area contributed by atoms with Gasteiger partial charge in [0.15, 0.2) is 0 Å². The van der Waals surface area contributed by atoms with E-state index in [-0.39, 0.29) is 47.3 Å². The summed E-state index contributed by atoms with van der Waals surface area (Å²) in [6, 6.07) is 9.89. The van der Waals surface area contributed by atoms with Crippen molar-refractivity contribution in [2.75, 3.05) is 17.7 Å². The average molecular weight is 492 g/mol. The fourth-order valence-electron chi connectivity index (χ4n) is 3.48. The maximum absolute atomic E-state index is 14.5. The molecule has 182 valence electrons. The monoisotopic (exact) mass is 491 g/mol. The van der Waals surface area contributed by atoms with Crippen LogP contribution in [0.2, 0.25) is 0 Å². The summed E-state index contributed by atoms with van der Waals surface area (Å²) >= 11 is 0.186. The first-order valence-electron chi connectivity index (χ1n) is 11.3. The van der Waals surface area contributed by atoms with Crippen molar-refractivity contribution in [1.29, 1.82) is 0 Å². The SMILES string of the molecule is C1CCC1.Cc1c(C(=O)NCc2cccc(F)c2)c2cccc(F)c2c(=O)n1NCCCSF. The summed E-state index contributed by atoms with van der Waals surface area (Å²) in [7, 11) is 0. The van der Waals surface area contributed by atoms with E-state index < -0.39 is 23.1 Å². The Morgan fingerprint density at radius 1 is 1.09 bits per heavy atom. The molecular formula is C25H28F3N3O2S. The maximum Gasteiger partial charge on any atom is 0.279 e. The van der Waals surface area contributed by atoms with Gasteiger partial charge < -0.3 is 10.7 Å². The molecule has 1 aromatic heterocycles. The molecule has 0 atom stereocenters. The van der Waals surface area contributed by atoms with Gasteiger partial charge in [0.2, 0.25) is 0 Å². The molecular weight excluding hydrogens is 463 g/mol. The standard InChI is InChI=1S/C21H20F3N3O2S.C4H8/c1-13-18(20(28)25-12-14-5-2-6-15(22)11-14)16-7-3-8-17(23)19(16)21(29)27(13)26-9-4-10-30-24;1-2-4-3-1/h2-3,5-8,11,26H,4,9-10,12H2,1H3,(H,25,28);1-4H2. The number of nitrogens with one attached hydrogen (secondary N) is 2. The minimum Gasteiger partial charge on any atom is -0.348 e. The fraction of sp³-hybridized carbons (Fsp3) is 0.360. The molecule has 1 aliphatic carbocycles. The minimum absolute atomic E-state index is 0.0626. The molecule has 2 aromatic carbocycles. The number of benzene rings is 2. The van der Waals surface area contributed by atoms with Crippen LogP contribution in [-0.4, -0.2) is 22.9 Å². The van der Waals surface area contributed by atoms with Crippen molar-refractivity contribution in [3.63, 3.8) is 0 Å². The van der Waals surface area contributed by atoms with E-state index in [9.17, 15) is 22.3 Å². The molecule has 0 aliphatic heterocycles. The van der Waals surface area contributed by atoms with E-state index in [1.165, 1.54) is 56.0 Å². The van der Waals surface area contributed by atoms with Gasteiger partial charge in [-0.15, -0.1) is 0 Å². The lowest BCUT2D eigenvalue weighted by atomic mass is 10.0. The van der Waals surface area contributed by atoms with Crippen LogP contribution >= 0.6 is 12.1 Å². The van der Waals surface area contributed by atoms with Crippen molar-refractivity contribution in [2.45, 2.75) is 45.6 Å². The summed E-state index contributed by atoms with van der Waals surface area (Å²) in [5.74, 6) is -1.45. The first-order chi connectivity index (χ1) is 16.4. The second-order valence-corrected chi connectivity index (χ2v) is 8.69. The van der Waals surface area contributed by atoms with Crippen molar-refractivity contribution in [3.05, 3.63) is 81.3 Å². The zero-order chi connectivity index (χ0) is 24.5. The number of amides is 1. The average Bonchev–Trinajstić information content (AvgIpc) is 2.76. The highest BCUT2D eigenvalue weighted by atomic mass is 32.2. The van der Waals surface area contributed by atoms with Gasteiger partial charge in [0.25, 0.3) is 11.5 Å². The maximum atomic E-state index is 14.5. The number of rotatable bonds is 8. The Morgan fingerprint density at radius 3 is 2.44 bits per heavy atom. The van der Waals surface area contributed by atoms with Crippen LogP contribution in [0.3, 0.4) is 0 Å². The Balaban J connectivity index is 0.000000732. The number of carbonyl (C=O) groups excluding carboxylic acids is 1. The number of fused-ring (bicyclic) bond motifs is 1. The zero-order valence-electron chi connectivity index (χ0n) is 19.0. The number of nitrogens with zero attached hydrogens (tertiary/aromatic N) is 1. The van der Waals surface area contributed by atoms with E-state index in [0.29, 0.717) is 17.7 Å². The Kier molecular flexibility index (Phi) is 9.44. The largest absolute Gasteiger partial charge is 0.348 e. The molecule has 1 saturated carbocycles. The Labute approximate surface area is 201 Å². The summed E-state index contributed by atoms with van der Waals surface area (Å²) in [6.45, 7) is 1.90. The summed E-state index contributed by atoms with van der Waals surface area (Å²) in [5.41, 5.74) is 3.20. The van der Waals surface area contributed by atoms with Crippen LogP contribution in [0.15, 0.2) is 47.3 Å². The number of aromatic nitrogens is 1. The molecule has 5 nitrogen and oxygen atoms in total. The number of carbonyl (C=O) groups is 1. The van der Waals surface area contributed by atoms with Crippen LogP contribution in [0.25, 0.3) is 10.8 Å². The van der Waals surface area contributed by atoms with E-state index in [0.717, 1.165) is 10.7 Å². The van der Waals surface area contributed by atoms with Gasteiger partial charge in [0.05, 0.1) is 16.6 Å². The summed E-state index contributed by atoms with van der Waals surface area (Å²) in [5, 5.41) is 2.66. The van der Waals surface area contributed by atoms with E-state index in [1.807, 2.05) is 0 Å². The number of hydrogen-bond acceptors (Lipinski definition) is 4. The van der Waals surface area contributed by atoms with Crippen molar-refractivity contribution < 1.29 is 17.5 Å². The van der Waals surface area contributed by atoms with Gasteiger partial charge >= 0.3 is 0 Å². The smallest absolute Gasteiger partial charge is 0.279 e. The molecule has 34 heavy (non-hydrogen) atoms. The number of hydrogen-bond donors (Lipinski definition) is 2. The van der Waals surface area contributed by atoms with Crippen molar-refractivity contribution in [3.8, 4) is 0 Å². The van der Waals surface area contributed by atoms with Crippen LogP contribution in [0.5, 0.6) is 0 Å². The molecule has 2 N–H and O–H groups in total. The van der Waals surface area contributed by atoms with Crippen molar-refractivity contribution >= 4 is 28.8 Å². The third-order valence-corrected chi connectivity index (χ3v) is 6.08. The van der Waals surface area contributed by atoms with E-state index in [2.05, 4.69) is 10.7 Å². The summed E-state index contributed by atoms with van der Waals surface area (Å²) in [4.78, 5) is 25.8. The predicted molar refractivity (Wildman–Crippen MR) is 131 cm³/mol. The van der Waals surface area contributed by atoms with Crippen LogP contribution in [0.1, 0.15) is 53.7 Å². The van der Waals surface area contributed by atoms with Crippen molar-refractivity contribution in [1.82, 2.24) is 9.99 Å². The molecule has 4 rings (SSSR count). The first-order valence-corrected chi connectivity index (χ1v) is 12.2. The van der Waals surface area contributed by atoms with Gasteiger partial charge in [0, 0.05) is 36.4 Å². The summed E-state index contributed by atoms with van der Waals surface area (Å²) in [6.07, 6.45) is 6.43. The van der Waals surface area contributed by atoms with E-state index in [4.69, 9.17) is 0 Å². The third kappa shape index (κ3) is 6.34. The van der Waals surface area contributed by atoms with E-state index in [1.54, 1.807) is 13.0 Å². The van der Waals surface area contributed by atoms with Crippen LogP contribution in [0.4, 0.5) is 12.7 Å². The highest BCUT2D eigenvalue weighted by molar-refractivity contribution is 7.94. The molecule has 1 heterocycles. The number of pyridine rings is 1. The molecule has 1 aliphatic rings. The second-order valence-electron chi connectivity index (χ2n) is 8.07. The van der Waals surface area contributed by atoms with Gasteiger partial charge in [-0.2, -0.15) is 3.89 Å². The van der Waals surface area contributed by atoms with Gasteiger partial charge in [0.1, 0.15) is 11.6 Å². The lowest BCUT2D eigenvalue weighted by Gasteiger charge is -2.18. The Morgan fingerprint density at radius 2 is 1.79 bits per heavy atom. The molecule has 3 aromatic rings. The lowest BCUT2D eigenvalue weighted by Crippen LogP contribution is -2.35. The lowest BCUT2D eigenvalue weighted by molar-refractivity contribution is 0.0951. The molecule has 1 fully saturated rings. The zero-order valence-corrected chi connectivity index (χ0v) is 19.8. The Hall–Kier alpha value is -2.94. The molecule has 0 bridgehead atoms. The van der Waals surface area contributed by atoms with Gasteiger partial charge in [-0.1, -0.05) is 49.9 Å². The quantitative estimate of drug-likeness (QED) is 0.401. The van der Waals surface area contributed by atoms with Gasteiger partial charge in [-0.25, -0.2) is 13.5 Å². The highest BCUT2D eigenvalue weighted by Crippen LogP contribution is 2.22. The predicted octanol–water partition coefficient (Wildman–Crippen LogP) is 5.63. The van der Waals surface area contributed by atoms with E-state index >= 15 is 0 Å². The molecule has 0 radical (unpaired) electrons. The Bertz CT molecular complexity index is 1190. The van der Waals surface area contributed by atoms with Crippen LogP contribution in [-0.2, 0) is 6.54 Å². The molecule has 0 unspecified atom stereocenters. The third-order valence-electron chi connectivity index (χ3n) is 5.63. The summed E-state index contributed by atoms with van der Waals surface area (Å²) < 4.78 is 41.2. The highest BCUT2D eigenvalue weighted by Gasteiger charge is 2.21. The van der Waals surface area contributed by atoms with Gasteiger partial charge in [-0.3, -0.25) is 9.59 Å². The van der Waals surface area contributed by atoms with Gasteiger partial charge in [-0.05, 0) is 37.1 Å². The van der Waals surface area contributed by atoms with Crippen molar-refractivity contribution in [2.24, 2.45) is 0 Å². The molecule has 0 saturated heterocycles. The topological polar surface area (TPSA) is 63.1 Å². The van der Waals surface area contributed by atoms with Crippen LogP contribution in [0, 0.1) is 18.6 Å². The molecule has 0 spiro atoms. The first kappa shape index (κ1) is 25.7. The number of halogens is 3. The fourth-order valence-corrected chi connectivity index (χ4v) is 3.74.